The van der Waals surface area contributed by atoms with Gasteiger partial charge in [0.15, 0.2) is 0 Å². The number of hydrogen-bond donors (Lipinski definition) is 1. The van der Waals surface area contributed by atoms with E-state index >= 15 is 0 Å². The molecular formula is C16H29ClN4O2. The third-order valence-electron chi connectivity index (χ3n) is 5.14. The first-order chi connectivity index (χ1) is 10.7. The highest BCUT2D eigenvalue weighted by atomic mass is 35.5. The molecule has 2 aliphatic heterocycles. The third-order valence-corrected chi connectivity index (χ3v) is 5.14. The van der Waals surface area contributed by atoms with Gasteiger partial charge in [0.05, 0.1) is 6.54 Å². The van der Waals surface area contributed by atoms with E-state index in [1.807, 2.05) is 16.8 Å². The summed E-state index contributed by atoms with van der Waals surface area (Å²) in [4.78, 5) is 30.6. The third kappa shape index (κ3) is 4.81. The molecule has 0 aromatic heterocycles. The van der Waals surface area contributed by atoms with Gasteiger partial charge in [-0.25, -0.2) is 0 Å². The van der Waals surface area contributed by atoms with Crippen LogP contribution in [0, 0.1) is 5.92 Å². The minimum Gasteiger partial charge on any atom is -0.339 e. The number of rotatable bonds is 4. The molecule has 0 radical (unpaired) electrons. The minimum atomic E-state index is 0. The first-order valence-electron chi connectivity index (χ1n) is 8.63. The van der Waals surface area contributed by atoms with Crippen molar-refractivity contribution < 1.29 is 9.59 Å². The molecule has 3 fully saturated rings. The van der Waals surface area contributed by atoms with E-state index in [0.717, 1.165) is 32.4 Å². The second-order valence-electron chi connectivity index (χ2n) is 6.84. The minimum absolute atomic E-state index is 0. The van der Waals surface area contributed by atoms with Gasteiger partial charge in [-0.3, -0.25) is 14.5 Å². The lowest BCUT2D eigenvalue weighted by molar-refractivity contribution is -0.141. The molecule has 6 nitrogen and oxygen atoms in total. The summed E-state index contributed by atoms with van der Waals surface area (Å²) in [5.41, 5.74) is 0. The zero-order valence-corrected chi connectivity index (χ0v) is 14.8. The Morgan fingerprint density at radius 2 is 1.65 bits per heavy atom. The van der Waals surface area contributed by atoms with Gasteiger partial charge in [-0.15, -0.1) is 12.4 Å². The summed E-state index contributed by atoms with van der Waals surface area (Å²) in [7, 11) is 1.99. The fourth-order valence-corrected chi connectivity index (χ4v) is 3.49. The number of likely N-dealkylation sites (tertiary alicyclic amines) is 1. The highest BCUT2D eigenvalue weighted by Gasteiger charge is 2.35. The van der Waals surface area contributed by atoms with Gasteiger partial charge in [0.2, 0.25) is 11.8 Å². The van der Waals surface area contributed by atoms with Crippen molar-refractivity contribution in [2.45, 2.75) is 31.7 Å². The Balaban J connectivity index is 0.00000192. The average Bonchev–Trinajstić information content (AvgIpc) is 3.39. The molecule has 132 valence electrons. The van der Waals surface area contributed by atoms with Gasteiger partial charge in [-0.1, -0.05) is 0 Å². The van der Waals surface area contributed by atoms with Crippen LogP contribution in [0.5, 0.6) is 0 Å². The first kappa shape index (κ1) is 18.5. The number of carbonyl (C=O) groups is 2. The highest BCUT2D eigenvalue weighted by molar-refractivity contribution is 5.85. The van der Waals surface area contributed by atoms with Gasteiger partial charge in [-0.2, -0.15) is 0 Å². The Morgan fingerprint density at radius 3 is 2.26 bits per heavy atom. The molecule has 1 N–H and O–H groups in total. The normalized spacial score (nSPS) is 25.9. The van der Waals surface area contributed by atoms with E-state index in [4.69, 9.17) is 0 Å². The zero-order chi connectivity index (χ0) is 15.5. The van der Waals surface area contributed by atoms with Crippen molar-refractivity contribution in [3.8, 4) is 0 Å². The van der Waals surface area contributed by atoms with Crippen molar-refractivity contribution in [3.63, 3.8) is 0 Å². The molecule has 1 saturated carbocycles. The summed E-state index contributed by atoms with van der Waals surface area (Å²) in [5, 5.41) is 3.31. The number of nitrogens with one attached hydrogen (secondary N) is 1. The molecule has 0 bridgehead atoms. The Labute approximate surface area is 145 Å². The van der Waals surface area contributed by atoms with E-state index in [-0.39, 0.29) is 24.2 Å². The highest BCUT2D eigenvalue weighted by Crippen LogP contribution is 2.31. The largest absolute Gasteiger partial charge is 0.339 e. The van der Waals surface area contributed by atoms with Crippen molar-refractivity contribution in [2.75, 3.05) is 52.9 Å². The topological polar surface area (TPSA) is 55.9 Å². The lowest BCUT2D eigenvalue weighted by Crippen LogP contribution is -2.54. The molecule has 7 heteroatoms. The van der Waals surface area contributed by atoms with Crippen LogP contribution in [0.3, 0.4) is 0 Å². The molecule has 2 heterocycles. The number of nitrogens with zero attached hydrogens (tertiary/aromatic N) is 3. The van der Waals surface area contributed by atoms with Crippen LogP contribution in [-0.4, -0.2) is 85.4 Å². The van der Waals surface area contributed by atoms with Gasteiger partial charge in [-0.05, 0) is 39.3 Å². The number of piperidine rings is 1. The van der Waals surface area contributed by atoms with Crippen molar-refractivity contribution in [3.05, 3.63) is 0 Å². The first-order valence-corrected chi connectivity index (χ1v) is 8.63. The molecule has 3 rings (SSSR count). The maximum Gasteiger partial charge on any atom is 0.236 e. The number of piperazine rings is 1. The van der Waals surface area contributed by atoms with Gasteiger partial charge in [0.1, 0.15) is 0 Å². The molecule has 3 aliphatic rings. The number of likely N-dealkylation sites (N-methyl/N-ethyl adjacent to an activating group) is 1. The van der Waals surface area contributed by atoms with Crippen molar-refractivity contribution in [1.29, 1.82) is 0 Å². The summed E-state index contributed by atoms with van der Waals surface area (Å²) in [5.74, 6) is 0.810. The van der Waals surface area contributed by atoms with Crippen LogP contribution in [0.1, 0.15) is 25.7 Å². The molecule has 1 unspecified atom stereocenters. The van der Waals surface area contributed by atoms with Gasteiger partial charge >= 0.3 is 0 Å². The second kappa shape index (κ2) is 8.31. The van der Waals surface area contributed by atoms with Crippen LogP contribution >= 0.6 is 12.4 Å². The second-order valence-corrected chi connectivity index (χ2v) is 6.84. The van der Waals surface area contributed by atoms with Crippen LogP contribution in [0.2, 0.25) is 0 Å². The van der Waals surface area contributed by atoms with Crippen molar-refractivity contribution in [2.24, 2.45) is 5.92 Å². The number of amides is 2. The smallest absolute Gasteiger partial charge is 0.236 e. The molecule has 0 aromatic rings. The van der Waals surface area contributed by atoms with E-state index < -0.39 is 0 Å². The monoisotopic (exact) mass is 344 g/mol. The Bertz CT molecular complexity index is 422. The predicted octanol–water partition coefficient (Wildman–Crippen LogP) is 0.173. The van der Waals surface area contributed by atoms with E-state index in [1.165, 1.54) is 6.42 Å². The zero-order valence-electron chi connectivity index (χ0n) is 14.0. The van der Waals surface area contributed by atoms with Crippen LogP contribution < -0.4 is 5.32 Å². The molecule has 2 saturated heterocycles. The SMILES string of the molecule is CNC1CCCN(CC(=O)N2CCN(C(=O)C3CC3)CC2)C1.Cl. The van der Waals surface area contributed by atoms with Crippen LogP contribution in [-0.2, 0) is 9.59 Å². The summed E-state index contributed by atoms with van der Waals surface area (Å²) in [6.45, 7) is 5.31. The Kier molecular flexibility index (Phi) is 6.68. The quantitative estimate of drug-likeness (QED) is 0.790. The van der Waals surface area contributed by atoms with Crippen molar-refractivity contribution >= 4 is 24.2 Å². The molecule has 0 aromatic carbocycles. The lowest BCUT2D eigenvalue weighted by Gasteiger charge is -2.37. The molecule has 23 heavy (non-hydrogen) atoms. The molecule has 2 amide bonds. The molecule has 1 aliphatic carbocycles. The Hall–Kier alpha value is -0.850. The fraction of sp³-hybridized carbons (Fsp3) is 0.875. The molecule has 0 spiro atoms. The lowest BCUT2D eigenvalue weighted by atomic mass is 10.1. The Morgan fingerprint density at radius 1 is 1.00 bits per heavy atom. The summed E-state index contributed by atoms with van der Waals surface area (Å²) in [6, 6.07) is 0.509. The summed E-state index contributed by atoms with van der Waals surface area (Å²) in [6.07, 6.45) is 4.46. The van der Waals surface area contributed by atoms with Gasteiger partial charge < -0.3 is 15.1 Å². The maximum absolute atomic E-state index is 12.4. The van der Waals surface area contributed by atoms with Crippen molar-refractivity contribution in [1.82, 2.24) is 20.0 Å². The predicted molar refractivity (Wildman–Crippen MR) is 91.7 cm³/mol. The van der Waals surface area contributed by atoms with Gasteiger partial charge in [0, 0.05) is 44.7 Å². The molecule has 1 atom stereocenters. The van der Waals surface area contributed by atoms with Crippen LogP contribution in [0.25, 0.3) is 0 Å². The van der Waals surface area contributed by atoms with Crippen LogP contribution in [0.4, 0.5) is 0 Å². The van der Waals surface area contributed by atoms with E-state index in [9.17, 15) is 9.59 Å². The van der Waals surface area contributed by atoms with E-state index in [1.54, 1.807) is 0 Å². The summed E-state index contributed by atoms with van der Waals surface area (Å²) < 4.78 is 0. The average molecular weight is 345 g/mol. The fourth-order valence-electron chi connectivity index (χ4n) is 3.49. The van der Waals surface area contributed by atoms with Gasteiger partial charge in [0.25, 0.3) is 0 Å². The molecular weight excluding hydrogens is 316 g/mol. The van der Waals surface area contributed by atoms with Crippen LogP contribution in [0.15, 0.2) is 0 Å². The van der Waals surface area contributed by atoms with E-state index in [2.05, 4.69) is 10.2 Å². The standard InChI is InChI=1S/C16H28N4O2.ClH/c1-17-14-3-2-6-18(11-14)12-15(21)19-7-9-20(10-8-19)16(22)13-4-5-13;/h13-14,17H,2-12H2,1H3;1H. The number of carbonyl (C=O) groups excluding carboxylic acids is 2. The number of halogens is 1. The van der Waals surface area contributed by atoms with E-state index in [0.29, 0.717) is 44.7 Å². The maximum atomic E-state index is 12.4. The summed E-state index contributed by atoms with van der Waals surface area (Å²) >= 11 is 0. The number of hydrogen-bond acceptors (Lipinski definition) is 4.